The maximum atomic E-state index is 14.5. The maximum absolute atomic E-state index is 14.5. The Labute approximate surface area is 401 Å². The summed E-state index contributed by atoms with van der Waals surface area (Å²) in [5, 5.41) is 19.9. The molecule has 0 amide bonds. The fraction of sp³-hybridized carbons (Fsp3) is 0.458. The molecule has 2 saturated heterocycles. The van der Waals surface area contributed by atoms with E-state index in [1.54, 1.807) is 37.4 Å². The lowest BCUT2D eigenvalue weighted by Gasteiger charge is -2.44. The molecule has 6 atom stereocenters. The second kappa shape index (κ2) is 19.1. The fourth-order valence-corrected chi connectivity index (χ4v) is 10.2. The summed E-state index contributed by atoms with van der Waals surface area (Å²) in [4.78, 5) is 21.7. The average molecular weight is 1010 g/mol. The summed E-state index contributed by atoms with van der Waals surface area (Å²) in [6.07, 6.45) is 4.62. The average Bonchev–Trinajstić information content (AvgIpc) is 3.73. The van der Waals surface area contributed by atoms with Gasteiger partial charge in [-0.1, -0.05) is 22.0 Å². The van der Waals surface area contributed by atoms with Crippen molar-refractivity contribution in [1.29, 1.82) is 0 Å². The molecular formula is C48H56BBrF4N6O8. The van der Waals surface area contributed by atoms with Gasteiger partial charge >= 0.3 is 7.12 Å². The highest BCUT2D eigenvalue weighted by Gasteiger charge is 2.53. The van der Waals surface area contributed by atoms with E-state index in [1.165, 1.54) is 11.1 Å². The van der Waals surface area contributed by atoms with Gasteiger partial charge < -0.3 is 40.5 Å². The molecule has 6 heterocycles. The molecule has 0 aromatic heterocycles. The third kappa shape index (κ3) is 10.5. The van der Waals surface area contributed by atoms with E-state index < -0.39 is 47.3 Å². The summed E-state index contributed by atoms with van der Waals surface area (Å²) in [6, 6.07) is 17.1. The lowest BCUT2D eigenvalue weighted by Crippen LogP contribution is -2.46. The number of nitrogens with zero attached hydrogens (tertiary/aromatic N) is 4. The molecule has 10 rings (SSSR count). The minimum Gasteiger partial charge on any atom is -0.489 e. The Balaban J connectivity index is 0.000000154. The van der Waals surface area contributed by atoms with Gasteiger partial charge in [-0.25, -0.2) is 47.3 Å². The standard InChI is InChI=1S/C24H27F2N3O3.C18H24BrN3O3.C6H5BF2O2/c1-23(2)12-15(8-9-30-23)21-13-24(28-22(27)29(3)32-24)18-10-14(4-7-20(18)31-21)17-11-16(25)5-6-19(17)26;1-17(2)9-11(6-7-23-17)15-10-18(21-16(20)22(3)25-18)13-8-12(19)4-5-14(13)24-15;8-4-1-2-6(9)5(3-4)7(10)11/h4-7,10-11,15,21H,8-9,12-13H2,1-3H3,(H2,27,28);4-5,8,11,15H,6-7,9-10H2,1-3H3,(H2,20,21);1-3,10-11H. The molecule has 20 heteroatoms. The molecular weight excluding hydrogens is 955 g/mol. The second-order valence-electron chi connectivity index (χ2n) is 19.1. The number of nitrogens with two attached hydrogens (primary N) is 2. The van der Waals surface area contributed by atoms with Gasteiger partial charge in [-0.15, -0.1) is 0 Å². The summed E-state index contributed by atoms with van der Waals surface area (Å²) >= 11 is 3.54. The number of aliphatic imine (C=N–C) groups is 2. The number of rotatable bonds is 4. The summed E-state index contributed by atoms with van der Waals surface area (Å²) in [5.74, 6) is 0.172. The van der Waals surface area contributed by atoms with Crippen molar-refractivity contribution < 1.29 is 56.2 Å². The molecule has 6 unspecified atom stereocenters. The molecule has 68 heavy (non-hydrogen) atoms. The van der Waals surface area contributed by atoms with E-state index in [4.69, 9.17) is 55.1 Å². The predicted molar refractivity (Wildman–Crippen MR) is 250 cm³/mol. The molecule has 2 spiro atoms. The van der Waals surface area contributed by atoms with Gasteiger partial charge in [-0.3, -0.25) is 0 Å². The number of hydrogen-bond donors (Lipinski definition) is 4. The summed E-state index contributed by atoms with van der Waals surface area (Å²) in [5.41, 5.74) is 11.6. The molecule has 0 radical (unpaired) electrons. The van der Waals surface area contributed by atoms with E-state index in [9.17, 15) is 17.6 Å². The van der Waals surface area contributed by atoms with Crippen LogP contribution in [0.1, 0.15) is 77.3 Å². The number of halogens is 5. The van der Waals surface area contributed by atoms with Crippen LogP contribution in [0.15, 0.2) is 87.3 Å². The largest absolute Gasteiger partial charge is 0.491 e. The number of hydrogen-bond acceptors (Lipinski definition) is 14. The van der Waals surface area contributed by atoms with Gasteiger partial charge in [0.25, 0.3) is 0 Å². The van der Waals surface area contributed by atoms with Crippen LogP contribution in [0.2, 0.25) is 0 Å². The molecule has 0 aliphatic carbocycles. The van der Waals surface area contributed by atoms with Crippen LogP contribution >= 0.6 is 15.9 Å². The van der Waals surface area contributed by atoms with E-state index in [0.29, 0.717) is 48.2 Å². The maximum Gasteiger partial charge on any atom is 0.491 e. The zero-order valence-electron chi connectivity index (χ0n) is 38.6. The van der Waals surface area contributed by atoms with Crippen LogP contribution in [0.3, 0.4) is 0 Å². The fourth-order valence-electron chi connectivity index (χ4n) is 9.82. The Morgan fingerprint density at radius 2 is 1.13 bits per heavy atom. The van der Waals surface area contributed by atoms with Crippen molar-refractivity contribution in [3.05, 3.63) is 112 Å². The van der Waals surface area contributed by atoms with E-state index in [2.05, 4.69) is 48.6 Å². The highest BCUT2D eigenvalue weighted by atomic mass is 79.9. The van der Waals surface area contributed by atoms with Crippen molar-refractivity contribution in [1.82, 2.24) is 10.1 Å². The van der Waals surface area contributed by atoms with Crippen molar-refractivity contribution in [2.45, 2.75) is 101 Å². The minimum atomic E-state index is -1.97. The van der Waals surface area contributed by atoms with E-state index in [1.807, 2.05) is 18.2 Å². The van der Waals surface area contributed by atoms with Gasteiger partial charge in [0.2, 0.25) is 23.4 Å². The quantitative estimate of drug-likeness (QED) is 0.120. The topological polar surface area (TPSA) is 179 Å². The van der Waals surface area contributed by atoms with Crippen LogP contribution in [-0.4, -0.2) is 89.9 Å². The normalized spacial score (nSPS) is 27.6. The second-order valence-corrected chi connectivity index (χ2v) is 20.1. The van der Waals surface area contributed by atoms with Crippen molar-refractivity contribution >= 4 is 40.4 Å². The Morgan fingerprint density at radius 1 is 0.647 bits per heavy atom. The smallest absolute Gasteiger partial charge is 0.489 e. The van der Waals surface area contributed by atoms with Crippen LogP contribution in [0.5, 0.6) is 11.5 Å². The van der Waals surface area contributed by atoms with E-state index >= 15 is 0 Å². The molecule has 6 aliphatic heterocycles. The van der Waals surface area contributed by atoms with E-state index in [0.717, 1.165) is 78.4 Å². The minimum absolute atomic E-state index is 0.0138. The summed E-state index contributed by atoms with van der Waals surface area (Å²) < 4.78 is 78.7. The van der Waals surface area contributed by atoms with Gasteiger partial charge in [-0.2, -0.15) is 0 Å². The molecule has 4 aromatic carbocycles. The highest BCUT2D eigenvalue weighted by Crippen LogP contribution is 2.51. The lowest BCUT2D eigenvalue weighted by atomic mass is 9.79. The van der Waals surface area contributed by atoms with Crippen LogP contribution in [0.4, 0.5) is 17.6 Å². The van der Waals surface area contributed by atoms with Crippen LogP contribution in [0.25, 0.3) is 11.1 Å². The molecule has 6 aliphatic rings. The first-order valence-corrected chi connectivity index (χ1v) is 23.2. The summed E-state index contributed by atoms with van der Waals surface area (Å²) in [6.45, 7) is 9.87. The Morgan fingerprint density at radius 3 is 1.60 bits per heavy atom. The van der Waals surface area contributed by atoms with Gasteiger partial charge in [-0.05, 0) is 126 Å². The monoisotopic (exact) mass is 1010 g/mol. The third-order valence-electron chi connectivity index (χ3n) is 13.1. The molecule has 0 bridgehead atoms. The highest BCUT2D eigenvalue weighted by molar-refractivity contribution is 9.10. The number of hydroxylamine groups is 4. The summed E-state index contributed by atoms with van der Waals surface area (Å²) in [7, 11) is 1.52. The first-order chi connectivity index (χ1) is 32.0. The SMILES string of the molecule is CN1OC2(CC(C3CCOC(C)(C)C3)Oc3ccc(-c4cc(F)ccc4F)cc32)N=C1N.CN1OC2(CC(C3CCOC(C)(C)C3)Oc3ccc(Br)cc32)N=C1N.OB(O)c1cc(F)ccc1F. The zero-order chi connectivity index (χ0) is 48.9. The van der Waals surface area contributed by atoms with E-state index in [-0.39, 0.29) is 40.9 Å². The Bertz CT molecular complexity index is 2600. The molecule has 4 aromatic rings. The van der Waals surface area contributed by atoms with Gasteiger partial charge in [0.1, 0.15) is 47.0 Å². The molecule has 14 nitrogen and oxygen atoms in total. The first kappa shape index (κ1) is 49.5. The van der Waals surface area contributed by atoms with Crippen LogP contribution in [0, 0.1) is 35.1 Å². The van der Waals surface area contributed by atoms with Gasteiger partial charge in [0.05, 0.1) is 22.3 Å². The predicted octanol–water partition coefficient (Wildman–Crippen LogP) is 7.13. The Kier molecular flexibility index (Phi) is 13.9. The van der Waals surface area contributed by atoms with Crippen molar-refractivity contribution in [3.63, 3.8) is 0 Å². The molecule has 0 saturated carbocycles. The van der Waals surface area contributed by atoms with Crippen molar-refractivity contribution in [2.24, 2.45) is 33.3 Å². The number of fused-ring (bicyclic) bond motifs is 4. The number of benzene rings is 4. The van der Waals surface area contributed by atoms with Gasteiger partial charge in [0, 0.05) is 67.5 Å². The number of ether oxygens (including phenoxy) is 4. The first-order valence-electron chi connectivity index (χ1n) is 22.4. The van der Waals surface area contributed by atoms with Gasteiger partial charge in [0.15, 0.2) is 0 Å². The molecule has 2 fully saturated rings. The molecule has 6 N–H and O–H groups in total. The van der Waals surface area contributed by atoms with Crippen molar-refractivity contribution in [2.75, 3.05) is 27.3 Å². The Hall–Kier alpha value is -4.96. The van der Waals surface area contributed by atoms with Crippen LogP contribution in [-0.2, 0) is 30.6 Å². The third-order valence-corrected chi connectivity index (χ3v) is 13.6. The number of guanidine groups is 2. The zero-order valence-corrected chi connectivity index (χ0v) is 40.2. The van der Waals surface area contributed by atoms with Crippen LogP contribution < -0.4 is 26.4 Å². The lowest BCUT2D eigenvalue weighted by molar-refractivity contribution is -0.199. The molecule has 364 valence electrons. The van der Waals surface area contributed by atoms with Crippen molar-refractivity contribution in [3.8, 4) is 22.6 Å².